The Morgan fingerprint density at radius 3 is 2.95 bits per heavy atom. The van der Waals surface area contributed by atoms with Crippen molar-refractivity contribution in [2.45, 2.75) is 20.0 Å². The summed E-state index contributed by atoms with van der Waals surface area (Å²) in [5.74, 6) is 0.770. The molecule has 0 bridgehead atoms. The van der Waals surface area contributed by atoms with E-state index in [1.54, 1.807) is 22.5 Å². The first-order valence-electron chi connectivity index (χ1n) is 6.95. The van der Waals surface area contributed by atoms with Gasteiger partial charge in [-0.05, 0) is 30.5 Å². The summed E-state index contributed by atoms with van der Waals surface area (Å²) >= 11 is 1.64. The van der Waals surface area contributed by atoms with E-state index in [4.69, 9.17) is 9.15 Å². The molecule has 0 atom stereocenters. The van der Waals surface area contributed by atoms with Crippen molar-refractivity contribution >= 4 is 17.4 Å². The number of hydrogen-bond donors (Lipinski definition) is 1. The van der Waals surface area contributed by atoms with Gasteiger partial charge in [0.15, 0.2) is 0 Å². The second kappa shape index (κ2) is 8.49. The van der Waals surface area contributed by atoms with E-state index in [1.807, 2.05) is 36.6 Å². The Bertz CT molecular complexity index is 475. The molecule has 2 amide bonds. The zero-order valence-corrected chi connectivity index (χ0v) is 12.9. The van der Waals surface area contributed by atoms with E-state index < -0.39 is 0 Å². The number of amides is 2. The van der Waals surface area contributed by atoms with Crippen LogP contribution in [0.2, 0.25) is 0 Å². The number of carbonyl (C=O) groups is 1. The molecule has 2 aromatic heterocycles. The first-order chi connectivity index (χ1) is 10.3. The van der Waals surface area contributed by atoms with Gasteiger partial charge in [-0.3, -0.25) is 0 Å². The molecule has 0 unspecified atom stereocenters. The summed E-state index contributed by atoms with van der Waals surface area (Å²) in [7, 11) is 0. The van der Waals surface area contributed by atoms with E-state index in [-0.39, 0.29) is 6.03 Å². The predicted octanol–water partition coefficient (Wildman–Crippen LogP) is 3.09. The van der Waals surface area contributed by atoms with Crippen LogP contribution in [0.15, 0.2) is 40.3 Å². The van der Waals surface area contributed by atoms with E-state index >= 15 is 0 Å². The quantitative estimate of drug-likeness (QED) is 0.762. The molecule has 6 heteroatoms. The predicted molar refractivity (Wildman–Crippen MR) is 82.2 cm³/mol. The zero-order valence-electron chi connectivity index (χ0n) is 12.1. The zero-order chi connectivity index (χ0) is 14.9. The summed E-state index contributed by atoms with van der Waals surface area (Å²) in [5.41, 5.74) is 0. The van der Waals surface area contributed by atoms with Gasteiger partial charge in [0, 0.05) is 18.0 Å². The van der Waals surface area contributed by atoms with Crippen LogP contribution in [0, 0.1) is 0 Å². The Balaban J connectivity index is 1.92. The van der Waals surface area contributed by atoms with Crippen molar-refractivity contribution < 1.29 is 13.9 Å². The van der Waals surface area contributed by atoms with Crippen molar-refractivity contribution in [3.63, 3.8) is 0 Å². The Morgan fingerprint density at radius 1 is 1.38 bits per heavy atom. The van der Waals surface area contributed by atoms with Crippen LogP contribution in [0.1, 0.15) is 17.6 Å². The van der Waals surface area contributed by atoms with Crippen molar-refractivity contribution in [1.82, 2.24) is 10.2 Å². The molecule has 0 saturated carbocycles. The fourth-order valence-electron chi connectivity index (χ4n) is 1.87. The minimum Gasteiger partial charge on any atom is -0.467 e. The highest BCUT2D eigenvalue weighted by atomic mass is 32.1. The van der Waals surface area contributed by atoms with Gasteiger partial charge in [0.1, 0.15) is 5.76 Å². The molecule has 2 rings (SSSR count). The van der Waals surface area contributed by atoms with E-state index in [9.17, 15) is 4.79 Å². The van der Waals surface area contributed by atoms with Gasteiger partial charge in [0.25, 0.3) is 0 Å². The first kappa shape index (κ1) is 15.6. The van der Waals surface area contributed by atoms with Crippen molar-refractivity contribution in [3.8, 4) is 0 Å². The highest BCUT2D eigenvalue weighted by Crippen LogP contribution is 2.14. The number of rotatable bonds is 8. The molecule has 0 radical (unpaired) electrons. The van der Waals surface area contributed by atoms with Gasteiger partial charge in [0.05, 0.1) is 26.0 Å². The Kier molecular flexibility index (Phi) is 6.30. The molecule has 0 saturated heterocycles. The van der Waals surface area contributed by atoms with Crippen LogP contribution in [0.25, 0.3) is 0 Å². The number of nitrogens with one attached hydrogen (secondary N) is 1. The molecule has 0 fully saturated rings. The molecular weight excluding hydrogens is 288 g/mol. The maximum Gasteiger partial charge on any atom is 0.318 e. The van der Waals surface area contributed by atoms with E-state index in [0.717, 1.165) is 10.6 Å². The van der Waals surface area contributed by atoms with Gasteiger partial charge in [-0.1, -0.05) is 6.07 Å². The van der Waals surface area contributed by atoms with E-state index in [1.165, 1.54) is 0 Å². The average molecular weight is 308 g/mol. The summed E-state index contributed by atoms with van der Waals surface area (Å²) in [4.78, 5) is 15.2. The SMILES string of the molecule is CCOCCNC(=O)N(Cc1ccco1)Cc1cccs1. The Morgan fingerprint density at radius 2 is 2.29 bits per heavy atom. The highest BCUT2D eigenvalue weighted by Gasteiger charge is 2.15. The Hall–Kier alpha value is -1.79. The molecule has 5 nitrogen and oxygen atoms in total. The fourth-order valence-corrected chi connectivity index (χ4v) is 2.59. The first-order valence-corrected chi connectivity index (χ1v) is 7.83. The molecule has 2 heterocycles. The lowest BCUT2D eigenvalue weighted by atomic mass is 10.3. The molecule has 0 aromatic carbocycles. The van der Waals surface area contributed by atoms with Crippen LogP contribution in [-0.4, -0.2) is 30.7 Å². The van der Waals surface area contributed by atoms with Crippen LogP contribution in [0.4, 0.5) is 4.79 Å². The third-order valence-electron chi connectivity index (χ3n) is 2.87. The van der Waals surface area contributed by atoms with Crippen LogP contribution in [-0.2, 0) is 17.8 Å². The lowest BCUT2D eigenvalue weighted by molar-refractivity contribution is 0.144. The normalized spacial score (nSPS) is 10.5. The molecule has 114 valence electrons. The molecular formula is C15H20N2O3S. The topological polar surface area (TPSA) is 54.7 Å². The number of furan rings is 1. The number of nitrogens with zero attached hydrogens (tertiary/aromatic N) is 1. The lowest BCUT2D eigenvalue weighted by Crippen LogP contribution is -2.40. The second-order valence-electron chi connectivity index (χ2n) is 4.44. The van der Waals surface area contributed by atoms with Crippen molar-refractivity contribution in [2.75, 3.05) is 19.8 Å². The monoisotopic (exact) mass is 308 g/mol. The van der Waals surface area contributed by atoms with E-state index in [2.05, 4.69) is 5.32 Å². The number of thiophene rings is 1. The summed E-state index contributed by atoms with van der Waals surface area (Å²) in [6.07, 6.45) is 1.62. The Labute approximate surface area is 128 Å². The standard InChI is InChI=1S/C15H20N2O3S/c1-2-19-9-7-16-15(18)17(11-13-5-3-8-20-13)12-14-6-4-10-21-14/h3-6,8,10H,2,7,9,11-12H2,1H3,(H,16,18). The van der Waals surface area contributed by atoms with Gasteiger partial charge < -0.3 is 19.4 Å². The average Bonchev–Trinajstić information content (AvgIpc) is 3.16. The number of urea groups is 1. The van der Waals surface area contributed by atoms with Gasteiger partial charge in [0.2, 0.25) is 0 Å². The molecule has 2 aromatic rings. The van der Waals surface area contributed by atoms with Crippen LogP contribution in [0.3, 0.4) is 0 Å². The molecule has 0 aliphatic carbocycles. The molecule has 1 N–H and O–H groups in total. The highest BCUT2D eigenvalue weighted by molar-refractivity contribution is 7.09. The smallest absolute Gasteiger partial charge is 0.318 e. The maximum atomic E-state index is 12.3. The van der Waals surface area contributed by atoms with Crippen molar-refractivity contribution in [2.24, 2.45) is 0 Å². The third-order valence-corrected chi connectivity index (χ3v) is 3.73. The number of hydrogen-bond acceptors (Lipinski definition) is 4. The fraction of sp³-hybridized carbons (Fsp3) is 0.400. The minimum absolute atomic E-state index is 0.112. The van der Waals surface area contributed by atoms with Crippen LogP contribution < -0.4 is 5.32 Å². The minimum atomic E-state index is -0.112. The second-order valence-corrected chi connectivity index (χ2v) is 5.48. The third kappa shape index (κ3) is 5.24. The summed E-state index contributed by atoms with van der Waals surface area (Å²) < 4.78 is 10.6. The molecule has 0 aliphatic heterocycles. The molecule has 0 aliphatic rings. The lowest BCUT2D eigenvalue weighted by Gasteiger charge is -2.21. The molecule has 0 spiro atoms. The van der Waals surface area contributed by atoms with Gasteiger partial charge in [-0.2, -0.15) is 0 Å². The van der Waals surface area contributed by atoms with Crippen molar-refractivity contribution in [3.05, 3.63) is 46.5 Å². The summed E-state index contributed by atoms with van der Waals surface area (Å²) in [6.45, 7) is 4.63. The van der Waals surface area contributed by atoms with Crippen molar-refractivity contribution in [1.29, 1.82) is 0 Å². The maximum absolute atomic E-state index is 12.3. The summed E-state index contributed by atoms with van der Waals surface area (Å²) in [5, 5.41) is 4.87. The number of carbonyl (C=O) groups excluding carboxylic acids is 1. The largest absolute Gasteiger partial charge is 0.467 e. The van der Waals surface area contributed by atoms with E-state index in [0.29, 0.717) is 32.8 Å². The summed E-state index contributed by atoms with van der Waals surface area (Å²) in [6, 6.07) is 7.59. The molecule has 21 heavy (non-hydrogen) atoms. The van der Waals surface area contributed by atoms with Gasteiger partial charge in [-0.15, -0.1) is 11.3 Å². The number of ether oxygens (including phenoxy) is 1. The van der Waals surface area contributed by atoms with Crippen LogP contribution in [0.5, 0.6) is 0 Å². The van der Waals surface area contributed by atoms with Crippen LogP contribution >= 0.6 is 11.3 Å². The van der Waals surface area contributed by atoms with Gasteiger partial charge in [-0.25, -0.2) is 4.79 Å². The van der Waals surface area contributed by atoms with Gasteiger partial charge >= 0.3 is 6.03 Å².